The zero-order chi connectivity index (χ0) is 13.8. The monoisotopic (exact) mass is 268 g/mol. The summed E-state index contributed by atoms with van der Waals surface area (Å²) in [5.74, 6) is 0. The molecule has 0 aliphatic carbocycles. The summed E-state index contributed by atoms with van der Waals surface area (Å²) < 4.78 is 0. The van der Waals surface area contributed by atoms with Crippen molar-refractivity contribution in [2.75, 3.05) is 0 Å². The van der Waals surface area contributed by atoms with Crippen molar-refractivity contribution in [3.05, 3.63) is 52.7 Å². The summed E-state index contributed by atoms with van der Waals surface area (Å²) in [6, 6.07) is 8.26. The first-order chi connectivity index (χ1) is 9.11. The minimum atomic E-state index is 0.836. The van der Waals surface area contributed by atoms with E-state index in [1.54, 1.807) is 11.3 Å². The SMILES string of the molecule is C=Nc1cscc1/N=C(/C)c1ccc(C(=C)C)cc1. The van der Waals surface area contributed by atoms with Gasteiger partial charge in [0.05, 0.1) is 11.4 Å². The Balaban J connectivity index is 2.31. The van der Waals surface area contributed by atoms with Gasteiger partial charge in [0.2, 0.25) is 0 Å². The van der Waals surface area contributed by atoms with Crippen LogP contribution in [0.4, 0.5) is 11.4 Å². The maximum absolute atomic E-state index is 4.61. The second-order valence-corrected chi connectivity index (χ2v) is 5.10. The molecule has 0 saturated carbocycles. The maximum Gasteiger partial charge on any atom is 0.0996 e. The lowest BCUT2D eigenvalue weighted by atomic mass is 10.0. The molecule has 19 heavy (non-hydrogen) atoms. The molecule has 1 aromatic carbocycles. The summed E-state index contributed by atoms with van der Waals surface area (Å²) in [6.45, 7) is 11.5. The molecule has 0 bridgehead atoms. The van der Waals surface area contributed by atoms with E-state index in [-0.39, 0.29) is 0 Å². The van der Waals surface area contributed by atoms with Crippen molar-refractivity contribution in [2.24, 2.45) is 9.98 Å². The van der Waals surface area contributed by atoms with Crippen LogP contribution in [0.1, 0.15) is 25.0 Å². The van der Waals surface area contributed by atoms with Gasteiger partial charge in [-0.25, -0.2) is 4.99 Å². The molecule has 0 spiro atoms. The second kappa shape index (κ2) is 5.76. The van der Waals surface area contributed by atoms with E-state index < -0.39 is 0 Å². The number of thiophene rings is 1. The number of allylic oxidation sites excluding steroid dienone is 1. The van der Waals surface area contributed by atoms with Crippen LogP contribution >= 0.6 is 11.3 Å². The molecule has 0 N–H and O–H groups in total. The van der Waals surface area contributed by atoms with Crippen LogP contribution in [0.2, 0.25) is 0 Å². The molecule has 1 aromatic heterocycles. The number of hydrogen-bond acceptors (Lipinski definition) is 3. The van der Waals surface area contributed by atoms with Gasteiger partial charge < -0.3 is 0 Å². The minimum absolute atomic E-state index is 0.836. The molecule has 0 radical (unpaired) electrons. The third-order valence-corrected chi connectivity index (χ3v) is 3.59. The number of nitrogens with zero attached hydrogens (tertiary/aromatic N) is 2. The third-order valence-electron chi connectivity index (χ3n) is 2.88. The number of benzene rings is 1. The summed E-state index contributed by atoms with van der Waals surface area (Å²) in [5.41, 5.74) is 6.00. The van der Waals surface area contributed by atoms with E-state index in [0.717, 1.165) is 33.8 Å². The van der Waals surface area contributed by atoms with Crippen LogP contribution in [-0.2, 0) is 0 Å². The fourth-order valence-electron chi connectivity index (χ4n) is 1.73. The zero-order valence-corrected chi connectivity index (χ0v) is 12.0. The maximum atomic E-state index is 4.61. The van der Waals surface area contributed by atoms with E-state index in [1.165, 1.54) is 0 Å². The molecular formula is C16H16N2S. The Bertz CT molecular complexity index is 633. The van der Waals surface area contributed by atoms with Crippen LogP contribution in [0, 0.1) is 0 Å². The van der Waals surface area contributed by atoms with Gasteiger partial charge in [-0.1, -0.05) is 36.4 Å². The lowest BCUT2D eigenvalue weighted by molar-refractivity contribution is 1.47. The normalized spacial score (nSPS) is 11.4. The van der Waals surface area contributed by atoms with Gasteiger partial charge in [-0.2, -0.15) is 0 Å². The van der Waals surface area contributed by atoms with Crippen LogP contribution in [-0.4, -0.2) is 12.4 Å². The highest BCUT2D eigenvalue weighted by atomic mass is 32.1. The molecule has 0 atom stereocenters. The first-order valence-corrected chi connectivity index (χ1v) is 6.90. The number of rotatable bonds is 4. The zero-order valence-electron chi connectivity index (χ0n) is 11.2. The van der Waals surface area contributed by atoms with Gasteiger partial charge in [0.1, 0.15) is 0 Å². The fourth-order valence-corrected chi connectivity index (χ4v) is 2.42. The predicted octanol–water partition coefficient (Wildman–Crippen LogP) is 5.25. The van der Waals surface area contributed by atoms with Crippen LogP contribution in [0.5, 0.6) is 0 Å². The van der Waals surface area contributed by atoms with Gasteiger partial charge in [-0.05, 0) is 31.7 Å². The molecule has 0 fully saturated rings. The number of aliphatic imine (C=N–C) groups is 2. The molecule has 2 rings (SSSR count). The molecule has 0 saturated heterocycles. The van der Waals surface area contributed by atoms with E-state index in [1.807, 2.05) is 24.6 Å². The molecule has 0 unspecified atom stereocenters. The van der Waals surface area contributed by atoms with Crippen molar-refractivity contribution in [1.82, 2.24) is 0 Å². The molecule has 2 aromatic rings. The molecule has 0 aliphatic heterocycles. The quantitative estimate of drug-likeness (QED) is 0.676. The molecule has 0 aliphatic rings. The average Bonchev–Trinajstić information content (AvgIpc) is 2.86. The Hall–Kier alpha value is -2.00. The number of hydrogen-bond donors (Lipinski definition) is 0. The largest absolute Gasteiger partial charge is 0.262 e. The van der Waals surface area contributed by atoms with E-state index >= 15 is 0 Å². The van der Waals surface area contributed by atoms with Gasteiger partial charge in [-0.3, -0.25) is 4.99 Å². The average molecular weight is 268 g/mol. The summed E-state index contributed by atoms with van der Waals surface area (Å²) in [5, 5.41) is 3.93. The van der Waals surface area contributed by atoms with Gasteiger partial charge in [0, 0.05) is 16.5 Å². The van der Waals surface area contributed by atoms with E-state index in [9.17, 15) is 0 Å². The molecule has 3 heteroatoms. The second-order valence-electron chi connectivity index (χ2n) is 4.36. The Morgan fingerprint density at radius 3 is 2.16 bits per heavy atom. The Morgan fingerprint density at radius 2 is 1.58 bits per heavy atom. The van der Waals surface area contributed by atoms with Crippen molar-refractivity contribution in [1.29, 1.82) is 0 Å². The van der Waals surface area contributed by atoms with E-state index in [0.29, 0.717) is 0 Å². The smallest absolute Gasteiger partial charge is 0.0996 e. The topological polar surface area (TPSA) is 24.7 Å². The van der Waals surface area contributed by atoms with E-state index in [4.69, 9.17) is 0 Å². The van der Waals surface area contributed by atoms with Crippen molar-refractivity contribution in [3.8, 4) is 0 Å². The van der Waals surface area contributed by atoms with Crippen LogP contribution < -0.4 is 0 Å². The Labute approximate surface area is 117 Å². The summed E-state index contributed by atoms with van der Waals surface area (Å²) >= 11 is 1.58. The fraction of sp³-hybridized carbons (Fsp3) is 0.125. The predicted molar refractivity (Wildman–Crippen MR) is 86.5 cm³/mol. The summed E-state index contributed by atoms with van der Waals surface area (Å²) in [7, 11) is 0. The van der Waals surface area contributed by atoms with Gasteiger partial charge in [0.25, 0.3) is 0 Å². The summed E-state index contributed by atoms with van der Waals surface area (Å²) in [4.78, 5) is 8.56. The van der Waals surface area contributed by atoms with Crippen molar-refractivity contribution < 1.29 is 0 Å². The molecule has 2 nitrogen and oxygen atoms in total. The van der Waals surface area contributed by atoms with E-state index in [2.05, 4.69) is 47.5 Å². The summed E-state index contributed by atoms with van der Waals surface area (Å²) in [6.07, 6.45) is 0. The van der Waals surface area contributed by atoms with Crippen LogP contribution in [0.25, 0.3) is 5.57 Å². The van der Waals surface area contributed by atoms with Crippen LogP contribution in [0.3, 0.4) is 0 Å². The van der Waals surface area contributed by atoms with Crippen molar-refractivity contribution in [2.45, 2.75) is 13.8 Å². The third kappa shape index (κ3) is 3.06. The van der Waals surface area contributed by atoms with Crippen molar-refractivity contribution in [3.63, 3.8) is 0 Å². The molecule has 0 amide bonds. The van der Waals surface area contributed by atoms with Crippen LogP contribution in [0.15, 0.2) is 51.6 Å². The highest BCUT2D eigenvalue weighted by Gasteiger charge is 2.03. The molecule has 1 heterocycles. The lowest BCUT2D eigenvalue weighted by Crippen LogP contribution is -1.93. The highest BCUT2D eigenvalue weighted by Crippen LogP contribution is 2.32. The van der Waals surface area contributed by atoms with Gasteiger partial charge in [-0.15, -0.1) is 11.3 Å². The minimum Gasteiger partial charge on any atom is -0.262 e. The van der Waals surface area contributed by atoms with Gasteiger partial charge in [0.15, 0.2) is 0 Å². The van der Waals surface area contributed by atoms with Gasteiger partial charge >= 0.3 is 0 Å². The first kappa shape index (κ1) is 13.4. The first-order valence-electron chi connectivity index (χ1n) is 5.96. The highest BCUT2D eigenvalue weighted by molar-refractivity contribution is 7.08. The Morgan fingerprint density at radius 1 is 1.00 bits per heavy atom. The molecule has 96 valence electrons. The molecular weight excluding hydrogens is 252 g/mol. The Kier molecular flexibility index (Phi) is 4.07. The standard InChI is InChI=1S/C16H16N2S/c1-11(2)13-5-7-14(8-6-13)12(3)18-16-10-19-9-15(16)17-4/h5-10H,1,4H2,2-3H3/b18-12-. The lowest BCUT2D eigenvalue weighted by Gasteiger charge is -2.03. The van der Waals surface area contributed by atoms with Crippen molar-refractivity contribution >= 4 is 40.7 Å².